The normalized spacial score (nSPS) is 21.3. The smallest absolute Gasteiger partial charge is 0.321 e. The van der Waals surface area contributed by atoms with E-state index in [9.17, 15) is 4.79 Å². The fourth-order valence-corrected chi connectivity index (χ4v) is 3.60. The Labute approximate surface area is 130 Å². The van der Waals surface area contributed by atoms with Gasteiger partial charge in [-0.3, -0.25) is 0 Å². The van der Waals surface area contributed by atoms with Crippen LogP contribution >= 0.6 is 11.6 Å². The topological polar surface area (TPSA) is 44.4 Å². The summed E-state index contributed by atoms with van der Waals surface area (Å²) < 4.78 is 0. The van der Waals surface area contributed by atoms with Gasteiger partial charge in [-0.25, -0.2) is 4.79 Å². The standard InChI is InChI=1S/C16H22ClN3O/c17-13-2-1-3-14(12-13)19-15(21)20-10-6-16(7-11-20)4-8-18-9-5-16/h1-3,12,18H,4-11H2,(H,19,21). The van der Waals surface area contributed by atoms with E-state index < -0.39 is 0 Å². The van der Waals surface area contributed by atoms with Crippen molar-refractivity contribution in [3.63, 3.8) is 0 Å². The van der Waals surface area contributed by atoms with E-state index in [-0.39, 0.29) is 6.03 Å². The van der Waals surface area contributed by atoms with E-state index in [1.165, 1.54) is 12.8 Å². The van der Waals surface area contributed by atoms with Gasteiger partial charge in [-0.2, -0.15) is 0 Å². The SMILES string of the molecule is O=C(Nc1cccc(Cl)c1)N1CCC2(CCNCC2)CC1. The Kier molecular flexibility index (Phi) is 4.36. The first-order chi connectivity index (χ1) is 10.2. The highest BCUT2D eigenvalue weighted by Gasteiger charge is 2.36. The van der Waals surface area contributed by atoms with Crippen molar-refractivity contribution in [3.8, 4) is 0 Å². The number of urea groups is 1. The first-order valence-electron chi connectivity index (χ1n) is 7.69. The Morgan fingerprint density at radius 1 is 1.19 bits per heavy atom. The van der Waals surface area contributed by atoms with Crippen LogP contribution in [0.3, 0.4) is 0 Å². The third-order valence-electron chi connectivity index (χ3n) is 4.85. The maximum absolute atomic E-state index is 12.3. The summed E-state index contributed by atoms with van der Waals surface area (Å²) in [5, 5.41) is 7.00. The molecule has 0 bridgehead atoms. The molecule has 1 spiro atoms. The lowest BCUT2D eigenvalue weighted by Gasteiger charge is -2.44. The summed E-state index contributed by atoms with van der Waals surface area (Å²) in [6, 6.07) is 7.28. The maximum atomic E-state index is 12.3. The number of rotatable bonds is 1. The number of hydrogen-bond acceptors (Lipinski definition) is 2. The molecule has 2 fully saturated rings. The molecule has 1 aromatic carbocycles. The van der Waals surface area contributed by atoms with E-state index in [1.54, 1.807) is 12.1 Å². The van der Waals surface area contributed by atoms with Crippen molar-refractivity contribution in [1.29, 1.82) is 0 Å². The number of carbonyl (C=O) groups excluding carboxylic acids is 1. The summed E-state index contributed by atoms with van der Waals surface area (Å²) in [7, 11) is 0. The van der Waals surface area contributed by atoms with E-state index in [2.05, 4.69) is 10.6 Å². The molecule has 21 heavy (non-hydrogen) atoms. The Morgan fingerprint density at radius 2 is 1.90 bits per heavy atom. The second-order valence-corrected chi connectivity index (χ2v) is 6.61. The highest BCUT2D eigenvalue weighted by Crippen LogP contribution is 2.39. The third-order valence-corrected chi connectivity index (χ3v) is 5.09. The molecule has 2 aliphatic rings. The van der Waals surface area contributed by atoms with Crippen LogP contribution in [0.4, 0.5) is 10.5 Å². The number of amides is 2. The quantitative estimate of drug-likeness (QED) is 0.836. The Balaban J connectivity index is 1.55. The zero-order chi connectivity index (χ0) is 14.7. The molecule has 114 valence electrons. The van der Waals surface area contributed by atoms with Crippen molar-refractivity contribution < 1.29 is 4.79 Å². The van der Waals surface area contributed by atoms with Gasteiger partial charge in [-0.15, -0.1) is 0 Å². The summed E-state index contributed by atoms with van der Waals surface area (Å²) >= 11 is 5.94. The minimum atomic E-state index is -0.0129. The minimum Gasteiger partial charge on any atom is -0.324 e. The van der Waals surface area contributed by atoms with E-state index >= 15 is 0 Å². The lowest BCUT2D eigenvalue weighted by molar-refractivity contribution is 0.0915. The zero-order valence-corrected chi connectivity index (χ0v) is 13.0. The Bertz CT molecular complexity index is 504. The predicted molar refractivity (Wildman–Crippen MR) is 85.8 cm³/mol. The van der Waals surface area contributed by atoms with E-state index in [1.807, 2.05) is 17.0 Å². The van der Waals surface area contributed by atoms with Gasteiger partial charge in [0.25, 0.3) is 0 Å². The van der Waals surface area contributed by atoms with Crippen LogP contribution < -0.4 is 10.6 Å². The average Bonchev–Trinajstić information content (AvgIpc) is 2.49. The molecule has 2 saturated heterocycles. The highest BCUT2D eigenvalue weighted by molar-refractivity contribution is 6.30. The Morgan fingerprint density at radius 3 is 2.57 bits per heavy atom. The molecule has 0 saturated carbocycles. The van der Waals surface area contributed by atoms with Crippen LogP contribution in [-0.4, -0.2) is 37.1 Å². The van der Waals surface area contributed by atoms with Crippen LogP contribution in [0.15, 0.2) is 24.3 Å². The number of hydrogen-bond donors (Lipinski definition) is 2. The number of halogens is 1. The van der Waals surface area contributed by atoms with Crippen molar-refractivity contribution >= 4 is 23.3 Å². The number of nitrogens with zero attached hydrogens (tertiary/aromatic N) is 1. The Hall–Kier alpha value is -1.26. The van der Waals surface area contributed by atoms with Gasteiger partial charge in [-0.1, -0.05) is 17.7 Å². The summed E-state index contributed by atoms with van der Waals surface area (Å²) in [6.45, 7) is 3.95. The molecule has 5 heteroatoms. The fraction of sp³-hybridized carbons (Fsp3) is 0.562. The number of piperidine rings is 2. The van der Waals surface area contributed by atoms with Gasteiger partial charge in [0.2, 0.25) is 0 Å². The predicted octanol–water partition coefficient (Wildman–Crippen LogP) is 3.34. The van der Waals surface area contributed by atoms with Gasteiger partial charge in [-0.05, 0) is 62.4 Å². The van der Waals surface area contributed by atoms with Gasteiger partial charge in [0.1, 0.15) is 0 Å². The molecule has 0 atom stereocenters. The van der Waals surface area contributed by atoms with Gasteiger partial charge < -0.3 is 15.5 Å². The molecule has 0 aliphatic carbocycles. The molecule has 0 aromatic heterocycles. The molecular weight excluding hydrogens is 286 g/mol. The van der Waals surface area contributed by atoms with Gasteiger partial charge in [0.05, 0.1) is 0 Å². The zero-order valence-electron chi connectivity index (χ0n) is 12.2. The number of benzene rings is 1. The van der Waals surface area contributed by atoms with Gasteiger partial charge >= 0.3 is 6.03 Å². The fourth-order valence-electron chi connectivity index (χ4n) is 3.41. The summed E-state index contributed by atoms with van der Waals surface area (Å²) in [4.78, 5) is 14.2. The molecule has 0 radical (unpaired) electrons. The van der Waals surface area contributed by atoms with Gasteiger partial charge in [0.15, 0.2) is 0 Å². The molecule has 2 aliphatic heterocycles. The average molecular weight is 308 g/mol. The van der Waals surface area contributed by atoms with Crippen LogP contribution in [0.2, 0.25) is 5.02 Å². The van der Waals surface area contributed by atoms with Crippen molar-refractivity contribution in [2.75, 3.05) is 31.5 Å². The maximum Gasteiger partial charge on any atom is 0.321 e. The van der Waals surface area contributed by atoms with Crippen LogP contribution in [0.1, 0.15) is 25.7 Å². The third kappa shape index (κ3) is 3.50. The van der Waals surface area contributed by atoms with Crippen LogP contribution in [0.5, 0.6) is 0 Å². The molecule has 0 unspecified atom stereocenters. The molecule has 2 N–H and O–H groups in total. The summed E-state index contributed by atoms with van der Waals surface area (Å²) in [6.07, 6.45) is 4.74. The molecule has 2 heterocycles. The van der Waals surface area contributed by atoms with Crippen LogP contribution in [0.25, 0.3) is 0 Å². The molecule has 2 amide bonds. The highest BCUT2D eigenvalue weighted by atomic mass is 35.5. The first kappa shape index (κ1) is 14.7. The number of nitrogens with one attached hydrogen (secondary N) is 2. The first-order valence-corrected chi connectivity index (χ1v) is 8.07. The van der Waals surface area contributed by atoms with Crippen molar-refractivity contribution in [1.82, 2.24) is 10.2 Å². The largest absolute Gasteiger partial charge is 0.324 e. The van der Waals surface area contributed by atoms with Crippen molar-refractivity contribution in [2.24, 2.45) is 5.41 Å². The van der Waals surface area contributed by atoms with Crippen molar-refractivity contribution in [2.45, 2.75) is 25.7 Å². The second kappa shape index (κ2) is 6.24. The monoisotopic (exact) mass is 307 g/mol. The van der Waals surface area contributed by atoms with Crippen LogP contribution in [-0.2, 0) is 0 Å². The van der Waals surface area contributed by atoms with E-state index in [0.717, 1.165) is 44.7 Å². The minimum absolute atomic E-state index is 0.0129. The second-order valence-electron chi connectivity index (χ2n) is 6.18. The number of anilines is 1. The van der Waals surface area contributed by atoms with E-state index in [4.69, 9.17) is 11.6 Å². The molecule has 1 aromatic rings. The van der Waals surface area contributed by atoms with Gasteiger partial charge in [0, 0.05) is 23.8 Å². The number of carbonyl (C=O) groups is 1. The number of likely N-dealkylation sites (tertiary alicyclic amines) is 1. The van der Waals surface area contributed by atoms with E-state index in [0.29, 0.717) is 10.4 Å². The van der Waals surface area contributed by atoms with Crippen molar-refractivity contribution in [3.05, 3.63) is 29.3 Å². The summed E-state index contributed by atoms with van der Waals surface area (Å²) in [5.74, 6) is 0. The lowest BCUT2D eigenvalue weighted by Crippen LogP contribution is -2.48. The molecule has 3 rings (SSSR count). The molecular formula is C16H22ClN3O. The molecule has 4 nitrogen and oxygen atoms in total. The summed E-state index contributed by atoms with van der Waals surface area (Å²) in [5.41, 5.74) is 1.23. The van der Waals surface area contributed by atoms with Crippen LogP contribution in [0, 0.1) is 5.41 Å². The lowest BCUT2D eigenvalue weighted by atomic mass is 9.72.